The van der Waals surface area contributed by atoms with Gasteiger partial charge in [0.15, 0.2) is 5.11 Å². The van der Waals surface area contributed by atoms with Crippen LogP contribution in [0, 0.1) is 13.8 Å². The summed E-state index contributed by atoms with van der Waals surface area (Å²) in [5.74, 6) is 0. The Morgan fingerprint density at radius 2 is 1.88 bits per heavy atom. The highest BCUT2D eigenvalue weighted by Gasteiger charge is 2.09. The van der Waals surface area contributed by atoms with Crippen molar-refractivity contribution in [3.63, 3.8) is 0 Å². The number of aryl methyl sites for hydroxylation is 2. The van der Waals surface area contributed by atoms with E-state index in [1.807, 2.05) is 30.3 Å². The van der Waals surface area contributed by atoms with Crippen LogP contribution in [0.4, 0.5) is 5.69 Å². The first kappa shape index (κ1) is 16.8. The van der Waals surface area contributed by atoms with Crippen LogP contribution in [0.15, 0.2) is 42.5 Å². The first-order valence-corrected chi connectivity index (χ1v) is 8.70. The number of hydrogen-bond acceptors (Lipinski definition) is 1. The van der Waals surface area contributed by atoms with Gasteiger partial charge in [-0.25, -0.2) is 0 Å². The second-order valence-electron chi connectivity index (χ2n) is 5.92. The average Bonchev–Trinajstić information content (AvgIpc) is 2.85. The molecule has 0 fully saturated rings. The zero-order chi connectivity index (χ0) is 17.1. The molecule has 5 heteroatoms. The van der Waals surface area contributed by atoms with E-state index in [4.69, 9.17) is 23.8 Å². The third kappa shape index (κ3) is 3.89. The van der Waals surface area contributed by atoms with Gasteiger partial charge in [0.25, 0.3) is 0 Å². The number of rotatable bonds is 4. The smallest absolute Gasteiger partial charge is 0.170 e. The van der Waals surface area contributed by atoms with E-state index in [2.05, 4.69) is 41.6 Å². The van der Waals surface area contributed by atoms with Crippen molar-refractivity contribution in [3.05, 3.63) is 64.3 Å². The highest BCUT2D eigenvalue weighted by molar-refractivity contribution is 7.80. The van der Waals surface area contributed by atoms with Gasteiger partial charge < -0.3 is 15.6 Å². The molecule has 0 aliphatic heterocycles. The lowest BCUT2D eigenvalue weighted by molar-refractivity contribution is 0.871. The summed E-state index contributed by atoms with van der Waals surface area (Å²) < 4.78 is 0. The zero-order valence-electron chi connectivity index (χ0n) is 13.7. The van der Waals surface area contributed by atoms with Gasteiger partial charge in [-0.3, -0.25) is 0 Å². The molecule has 0 amide bonds. The van der Waals surface area contributed by atoms with Crippen LogP contribution in [0.3, 0.4) is 0 Å². The molecule has 0 unspecified atom stereocenters. The molecule has 1 heterocycles. The van der Waals surface area contributed by atoms with Crippen LogP contribution >= 0.6 is 23.8 Å². The van der Waals surface area contributed by atoms with Crippen LogP contribution in [-0.2, 0) is 6.42 Å². The van der Waals surface area contributed by atoms with Gasteiger partial charge in [0, 0.05) is 33.9 Å². The lowest BCUT2D eigenvalue weighted by Gasteiger charge is -2.11. The second kappa shape index (κ2) is 7.24. The van der Waals surface area contributed by atoms with Crippen molar-refractivity contribution >= 4 is 45.5 Å². The molecule has 0 radical (unpaired) electrons. The quantitative estimate of drug-likeness (QED) is 0.577. The van der Waals surface area contributed by atoms with Crippen molar-refractivity contribution in [2.24, 2.45) is 0 Å². The largest absolute Gasteiger partial charge is 0.362 e. The van der Waals surface area contributed by atoms with Gasteiger partial charge in [-0.2, -0.15) is 0 Å². The topological polar surface area (TPSA) is 39.8 Å². The van der Waals surface area contributed by atoms with Crippen LogP contribution in [0.2, 0.25) is 5.02 Å². The summed E-state index contributed by atoms with van der Waals surface area (Å²) in [6.07, 6.45) is 0.877. The van der Waals surface area contributed by atoms with Crippen molar-refractivity contribution in [1.29, 1.82) is 0 Å². The third-order valence-corrected chi connectivity index (χ3v) is 4.53. The Hall–Kier alpha value is -2.04. The minimum absolute atomic E-state index is 0.634. The lowest BCUT2D eigenvalue weighted by atomic mass is 10.1. The Morgan fingerprint density at radius 3 is 2.62 bits per heavy atom. The molecular weight excluding hydrogens is 338 g/mol. The number of thiocarbonyl (C=S) groups is 1. The molecule has 24 heavy (non-hydrogen) atoms. The Morgan fingerprint density at radius 1 is 1.12 bits per heavy atom. The normalized spacial score (nSPS) is 10.8. The van der Waals surface area contributed by atoms with Gasteiger partial charge in [-0.1, -0.05) is 29.3 Å². The highest BCUT2D eigenvalue weighted by Crippen LogP contribution is 2.25. The monoisotopic (exact) mass is 357 g/mol. The molecule has 0 saturated heterocycles. The number of halogens is 1. The Labute approximate surface area is 152 Å². The first-order chi connectivity index (χ1) is 11.5. The van der Waals surface area contributed by atoms with Crippen LogP contribution in [0.25, 0.3) is 10.9 Å². The van der Waals surface area contributed by atoms with Crippen molar-refractivity contribution in [1.82, 2.24) is 10.3 Å². The highest BCUT2D eigenvalue weighted by atomic mass is 35.5. The van der Waals surface area contributed by atoms with E-state index in [9.17, 15) is 0 Å². The number of fused-ring (bicyclic) bond motifs is 1. The predicted octanol–water partition coefficient (Wildman–Crippen LogP) is 4.97. The molecule has 3 N–H and O–H groups in total. The number of aromatic nitrogens is 1. The van der Waals surface area contributed by atoms with E-state index in [0.717, 1.165) is 29.2 Å². The van der Waals surface area contributed by atoms with Crippen LogP contribution < -0.4 is 10.6 Å². The SMILES string of the molecule is Cc1ccc(NC(=S)NCCc2c(C)[nH]c3ccc(Cl)cc23)cc1. The van der Waals surface area contributed by atoms with Crippen molar-refractivity contribution < 1.29 is 0 Å². The van der Waals surface area contributed by atoms with Gasteiger partial charge in [0.1, 0.15) is 0 Å². The van der Waals surface area contributed by atoms with Crippen molar-refractivity contribution in [2.75, 3.05) is 11.9 Å². The second-order valence-corrected chi connectivity index (χ2v) is 6.76. The number of nitrogens with one attached hydrogen (secondary N) is 3. The fourth-order valence-electron chi connectivity index (χ4n) is 2.79. The molecule has 124 valence electrons. The van der Waals surface area contributed by atoms with Crippen LogP contribution in [-0.4, -0.2) is 16.6 Å². The third-order valence-electron chi connectivity index (χ3n) is 4.05. The van der Waals surface area contributed by atoms with Crippen molar-refractivity contribution in [3.8, 4) is 0 Å². The van der Waals surface area contributed by atoms with Crippen LogP contribution in [0.5, 0.6) is 0 Å². The number of aromatic amines is 1. The number of hydrogen-bond donors (Lipinski definition) is 3. The van der Waals surface area contributed by atoms with Gasteiger partial charge >= 0.3 is 0 Å². The lowest BCUT2D eigenvalue weighted by Crippen LogP contribution is -2.30. The minimum atomic E-state index is 0.634. The molecule has 0 aliphatic carbocycles. The maximum absolute atomic E-state index is 6.13. The predicted molar refractivity (Wildman–Crippen MR) is 107 cm³/mol. The summed E-state index contributed by atoms with van der Waals surface area (Å²) in [5.41, 5.74) is 5.79. The summed E-state index contributed by atoms with van der Waals surface area (Å²) in [5, 5.41) is 9.04. The molecule has 2 aromatic carbocycles. The molecule has 3 rings (SSSR count). The summed E-state index contributed by atoms with van der Waals surface area (Å²) in [6, 6.07) is 14.1. The van der Waals surface area contributed by atoms with E-state index >= 15 is 0 Å². The van der Waals surface area contributed by atoms with Gasteiger partial charge in [0.05, 0.1) is 0 Å². The fraction of sp³-hybridized carbons (Fsp3) is 0.211. The number of benzene rings is 2. The average molecular weight is 358 g/mol. The maximum atomic E-state index is 6.13. The Kier molecular flexibility index (Phi) is 5.07. The molecule has 0 spiro atoms. The van der Waals surface area contributed by atoms with Crippen molar-refractivity contribution in [2.45, 2.75) is 20.3 Å². The summed E-state index contributed by atoms with van der Waals surface area (Å²) in [7, 11) is 0. The van der Waals surface area contributed by atoms with E-state index < -0.39 is 0 Å². The van der Waals surface area contributed by atoms with E-state index in [1.54, 1.807) is 0 Å². The standard InChI is InChI=1S/C19H20ClN3S/c1-12-3-6-15(7-4-12)23-19(24)21-10-9-16-13(2)22-18-8-5-14(20)11-17(16)18/h3-8,11,22H,9-10H2,1-2H3,(H2,21,23,24). The summed E-state index contributed by atoms with van der Waals surface area (Å²) in [6.45, 7) is 4.92. The maximum Gasteiger partial charge on any atom is 0.170 e. The fourth-order valence-corrected chi connectivity index (χ4v) is 3.18. The molecule has 0 aliphatic rings. The first-order valence-electron chi connectivity index (χ1n) is 7.91. The molecule has 3 nitrogen and oxygen atoms in total. The number of anilines is 1. The van der Waals surface area contributed by atoms with E-state index in [1.165, 1.54) is 22.2 Å². The van der Waals surface area contributed by atoms with Gasteiger partial charge in [-0.15, -0.1) is 0 Å². The molecule has 3 aromatic rings. The molecule has 1 aromatic heterocycles. The molecular formula is C19H20ClN3S. The zero-order valence-corrected chi connectivity index (χ0v) is 15.3. The van der Waals surface area contributed by atoms with Gasteiger partial charge in [-0.05, 0) is 68.4 Å². The molecule has 0 saturated carbocycles. The van der Waals surface area contributed by atoms with Gasteiger partial charge in [0.2, 0.25) is 0 Å². The molecule has 0 bridgehead atoms. The summed E-state index contributed by atoms with van der Waals surface area (Å²) in [4.78, 5) is 3.40. The van der Waals surface area contributed by atoms with E-state index in [0.29, 0.717) is 5.11 Å². The Bertz CT molecular complexity index is 868. The Balaban J connectivity index is 1.60. The van der Waals surface area contributed by atoms with E-state index in [-0.39, 0.29) is 0 Å². The summed E-state index contributed by atoms with van der Waals surface area (Å²) >= 11 is 11.5. The number of H-pyrrole nitrogens is 1. The molecule has 0 atom stereocenters. The minimum Gasteiger partial charge on any atom is -0.362 e. The van der Waals surface area contributed by atoms with Crippen LogP contribution in [0.1, 0.15) is 16.8 Å².